The molecular formula is C32H41N3O5S. The Labute approximate surface area is 244 Å². The number of aryl methyl sites for hydroxylation is 1. The second kappa shape index (κ2) is 15.2. The molecule has 9 heteroatoms. The van der Waals surface area contributed by atoms with Gasteiger partial charge in [0.25, 0.3) is 10.0 Å². The molecular weight excluding hydrogens is 538 g/mol. The van der Waals surface area contributed by atoms with Crippen molar-refractivity contribution < 1.29 is 22.7 Å². The van der Waals surface area contributed by atoms with Crippen molar-refractivity contribution in [3.8, 4) is 5.75 Å². The van der Waals surface area contributed by atoms with Crippen LogP contribution in [0.4, 0.5) is 5.69 Å². The SMILES string of the molecule is CCCCNC(=O)[C@@H](CC)N(Cc1ccccc1C)C(=O)CN(c1ccccc1OCC)S(=O)(=O)c1ccccc1. The number of hydrogen-bond acceptors (Lipinski definition) is 5. The molecule has 0 aromatic heterocycles. The van der Waals surface area contributed by atoms with Gasteiger partial charge in [0.1, 0.15) is 18.3 Å². The van der Waals surface area contributed by atoms with Crippen molar-refractivity contribution in [3.63, 3.8) is 0 Å². The third kappa shape index (κ3) is 8.10. The summed E-state index contributed by atoms with van der Waals surface area (Å²) >= 11 is 0. The average Bonchev–Trinajstić information content (AvgIpc) is 2.97. The molecule has 0 saturated heterocycles. The normalized spacial score (nSPS) is 11.9. The van der Waals surface area contributed by atoms with Crippen molar-refractivity contribution in [2.24, 2.45) is 0 Å². The van der Waals surface area contributed by atoms with Gasteiger partial charge in [-0.3, -0.25) is 13.9 Å². The summed E-state index contributed by atoms with van der Waals surface area (Å²) in [6.45, 7) is 8.14. The van der Waals surface area contributed by atoms with Gasteiger partial charge in [-0.25, -0.2) is 8.42 Å². The van der Waals surface area contributed by atoms with Crippen LogP contribution in [0.3, 0.4) is 0 Å². The topological polar surface area (TPSA) is 96.0 Å². The Morgan fingerprint density at radius 1 is 0.902 bits per heavy atom. The Balaban J connectivity index is 2.08. The van der Waals surface area contributed by atoms with Crippen molar-refractivity contribution >= 4 is 27.5 Å². The molecule has 0 spiro atoms. The number of carbonyl (C=O) groups excluding carboxylic acids is 2. The summed E-state index contributed by atoms with van der Waals surface area (Å²) < 4.78 is 34.9. The predicted molar refractivity (Wildman–Crippen MR) is 162 cm³/mol. The molecule has 0 fully saturated rings. The second-order valence-electron chi connectivity index (χ2n) is 9.74. The molecule has 0 aliphatic rings. The summed E-state index contributed by atoms with van der Waals surface area (Å²) in [5, 5.41) is 2.95. The standard InChI is InChI=1S/C32H41N3O5S/c1-5-8-22-33-32(37)28(6-2)34(23-26-17-13-12-16-25(26)4)31(36)24-35(29-20-14-15-21-30(29)40-7-3)41(38,39)27-18-10-9-11-19-27/h9-21,28H,5-8,22-24H2,1-4H3,(H,33,37)/t28-/m1/s1. The van der Waals surface area contributed by atoms with Gasteiger partial charge in [0.15, 0.2) is 0 Å². The number of hydrogen-bond donors (Lipinski definition) is 1. The summed E-state index contributed by atoms with van der Waals surface area (Å²) in [6, 6.07) is 21.7. The number of rotatable bonds is 15. The lowest BCUT2D eigenvalue weighted by atomic mass is 10.1. The van der Waals surface area contributed by atoms with Crippen molar-refractivity contribution in [2.75, 3.05) is 24.0 Å². The maximum Gasteiger partial charge on any atom is 0.264 e. The van der Waals surface area contributed by atoms with Gasteiger partial charge >= 0.3 is 0 Å². The van der Waals surface area contributed by atoms with E-state index in [4.69, 9.17) is 4.74 Å². The van der Waals surface area contributed by atoms with E-state index in [-0.39, 0.29) is 23.0 Å². The molecule has 8 nitrogen and oxygen atoms in total. The molecule has 0 heterocycles. The summed E-state index contributed by atoms with van der Waals surface area (Å²) in [4.78, 5) is 29.1. The highest BCUT2D eigenvalue weighted by Crippen LogP contribution is 2.33. The maximum atomic E-state index is 14.2. The van der Waals surface area contributed by atoms with Crippen molar-refractivity contribution in [2.45, 2.75) is 64.4 Å². The highest BCUT2D eigenvalue weighted by Gasteiger charge is 2.34. The fourth-order valence-corrected chi connectivity index (χ4v) is 6.02. The summed E-state index contributed by atoms with van der Waals surface area (Å²) in [6.07, 6.45) is 2.12. The van der Waals surface area contributed by atoms with Gasteiger partial charge in [0.2, 0.25) is 11.8 Å². The number of unbranched alkanes of at least 4 members (excludes halogenated alkanes) is 1. The van der Waals surface area contributed by atoms with Gasteiger partial charge < -0.3 is 15.0 Å². The number of para-hydroxylation sites is 2. The van der Waals surface area contributed by atoms with Crippen molar-refractivity contribution in [1.29, 1.82) is 0 Å². The lowest BCUT2D eigenvalue weighted by Gasteiger charge is -2.34. The Kier molecular flexibility index (Phi) is 11.8. The molecule has 0 aliphatic carbocycles. The first-order chi connectivity index (χ1) is 19.7. The van der Waals surface area contributed by atoms with Gasteiger partial charge in [0, 0.05) is 13.1 Å². The number of anilines is 1. The van der Waals surface area contributed by atoms with Crippen LogP contribution in [0.15, 0.2) is 83.8 Å². The van der Waals surface area contributed by atoms with Crippen LogP contribution in [0.2, 0.25) is 0 Å². The molecule has 41 heavy (non-hydrogen) atoms. The first kappa shape index (κ1) is 31.7. The van der Waals surface area contributed by atoms with Gasteiger partial charge in [-0.15, -0.1) is 0 Å². The fraction of sp³-hybridized carbons (Fsp3) is 0.375. The monoisotopic (exact) mass is 579 g/mol. The summed E-state index contributed by atoms with van der Waals surface area (Å²) in [5.74, 6) is -0.399. The van der Waals surface area contributed by atoms with E-state index in [9.17, 15) is 18.0 Å². The third-order valence-electron chi connectivity index (χ3n) is 6.86. The van der Waals surface area contributed by atoms with Gasteiger partial charge in [0.05, 0.1) is 17.2 Å². The largest absolute Gasteiger partial charge is 0.492 e. The Bertz CT molecular complexity index is 1400. The Morgan fingerprint density at radius 3 is 2.22 bits per heavy atom. The molecule has 2 amide bonds. The van der Waals surface area contributed by atoms with Gasteiger partial charge in [-0.2, -0.15) is 0 Å². The van der Waals surface area contributed by atoms with Crippen LogP contribution in [0, 0.1) is 6.92 Å². The first-order valence-corrected chi connectivity index (χ1v) is 15.6. The number of carbonyl (C=O) groups is 2. The number of sulfonamides is 1. The van der Waals surface area contributed by atoms with E-state index in [2.05, 4.69) is 5.32 Å². The number of nitrogens with one attached hydrogen (secondary N) is 1. The minimum atomic E-state index is -4.17. The Hall–Kier alpha value is -3.85. The second-order valence-corrected chi connectivity index (χ2v) is 11.6. The fourth-order valence-electron chi connectivity index (χ4n) is 4.57. The smallest absolute Gasteiger partial charge is 0.264 e. The molecule has 1 N–H and O–H groups in total. The van der Waals surface area contributed by atoms with Crippen LogP contribution < -0.4 is 14.4 Å². The summed E-state index contributed by atoms with van der Waals surface area (Å²) in [7, 11) is -4.17. The van der Waals surface area contributed by atoms with E-state index in [1.165, 1.54) is 17.0 Å². The van der Waals surface area contributed by atoms with Crippen LogP contribution in [-0.2, 0) is 26.2 Å². The highest BCUT2D eigenvalue weighted by molar-refractivity contribution is 7.92. The van der Waals surface area contributed by atoms with E-state index < -0.39 is 28.5 Å². The number of ether oxygens (including phenoxy) is 1. The quantitative estimate of drug-likeness (QED) is 0.246. The Morgan fingerprint density at radius 2 is 1.56 bits per heavy atom. The number of amides is 2. The van der Waals surface area contributed by atoms with Crippen LogP contribution in [0.5, 0.6) is 5.75 Å². The van der Waals surface area contributed by atoms with Crippen LogP contribution in [-0.4, -0.2) is 50.9 Å². The van der Waals surface area contributed by atoms with E-state index in [0.717, 1.165) is 28.3 Å². The molecule has 0 bridgehead atoms. The first-order valence-electron chi connectivity index (χ1n) is 14.2. The molecule has 0 saturated carbocycles. The molecule has 220 valence electrons. The van der Waals surface area contributed by atoms with E-state index in [1.807, 2.05) is 52.0 Å². The lowest BCUT2D eigenvalue weighted by Crippen LogP contribution is -2.52. The molecule has 0 unspecified atom stereocenters. The predicted octanol–water partition coefficient (Wildman–Crippen LogP) is 5.31. The zero-order valence-corrected chi connectivity index (χ0v) is 25.2. The minimum Gasteiger partial charge on any atom is -0.492 e. The van der Waals surface area contributed by atoms with E-state index in [0.29, 0.717) is 25.3 Å². The van der Waals surface area contributed by atoms with Crippen molar-refractivity contribution in [1.82, 2.24) is 10.2 Å². The maximum absolute atomic E-state index is 14.2. The molecule has 0 aliphatic heterocycles. The van der Waals surface area contributed by atoms with E-state index >= 15 is 0 Å². The van der Waals surface area contributed by atoms with Crippen LogP contribution in [0.1, 0.15) is 51.2 Å². The highest BCUT2D eigenvalue weighted by atomic mass is 32.2. The lowest BCUT2D eigenvalue weighted by molar-refractivity contribution is -0.140. The molecule has 3 rings (SSSR count). The van der Waals surface area contributed by atoms with Crippen LogP contribution >= 0.6 is 0 Å². The average molecular weight is 580 g/mol. The van der Waals surface area contributed by atoms with Gasteiger partial charge in [-0.1, -0.05) is 74.9 Å². The van der Waals surface area contributed by atoms with Gasteiger partial charge in [-0.05, 0) is 62.1 Å². The van der Waals surface area contributed by atoms with Crippen LogP contribution in [0.25, 0.3) is 0 Å². The molecule has 1 atom stereocenters. The van der Waals surface area contributed by atoms with Crippen molar-refractivity contribution in [3.05, 3.63) is 90.0 Å². The molecule has 0 radical (unpaired) electrons. The number of benzene rings is 3. The zero-order chi connectivity index (χ0) is 29.8. The summed E-state index contributed by atoms with van der Waals surface area (Å²) in [5.41, 5.74) is 2.11. The third-order valence-corrected chi connectivity index (χ3v) is 8.64. The molecule has 3 aromatic rings. The number of nitrogens with zero attached hydrogens (tertiary/aromatic N) is 2. The minimum absolute atomic E-state index is 0.0499. The molecule has 3 aromatic carbocycles. The zero-order valence-electron chi connectivity index (χ0n) is 24.4. The van der Waals surface area contributed by atoms with E-state index in [1.54, 1.807) is 42.5 Å².